The van der Waals surface area contributed by atoms with Crippen LogP contribution in [0.5, 0.6) is 0 Å². The van der Waals surface area contributed by atoms with E-state index in [1.54, 1.807) is 0 Å². The Kier molecular flexibility index (Phi) is 12.5. The molecule has 2 unspecified atom stereocenters. The van der Waals surface area contributed by atoms with Gasteiger partial charge in [0, 0.05) is 54.2 Å². The Balaban J connectivity index is 0.000000376. The van der Waals surface area contributed by atoms with Gasteiger partial charge in [0.15, 0.2) is 0 Å². The molecule has 4 rings (SSSR count). The number of nitrogens with zero attached hydrogens (tertiary/aromatic N) is 2. The summed E-state index contributed by atoms with van der Waals surface area (Å²) in [5.74, 6) is 4.68. The Labute approximate surface area is 180 Å². The van der Waals surface area contributed by atoms with Gasteiger partial charge in [0.25, 0.3) is 0 Å². The van der Waals surface area contributed by atoms with Crippen LogP contribution in [0.3, 0.4) is 0 Å². The van der Waals surface area contributed by atoms with Crippen molar-refractivity contribution in [3.8, 4) is 0 Å². The average Bonchev–Trinajstić information content (AvgIpc) is 2.92. The SMILES string of the molecule is CC.CC(C)N1CC[C-]2CCCC21.CC(C)N1C[C-]2CC2C1.[W].[W]. The first-order valence-corrected chi connectivity index (χ1v) is 9.75. The van der Waals surface area contributed by atoms with Gasteiger partial charge in [-0.15, -0.1) is 12.6 Å². The quantitative estimate of drug-likeness (QED) is 0.397. The molecule has 0 radical (unpaired) electrons. The third kappa shape index (κ3) is 6.47. The van der Waals surface area contributed by atoms with E-state index in [1.807, 2.05) is 25.7 Å². The second-order valence-corrected chi connectivity index (χ2v) is 7.73. The maximum atomic E-state index is 2.67. The summed E-state index contributed by atoms with van der Waals surface area (Å²) in [6.45, 7) is 17.2. The van der Waals surface area contributed by atoms with Crippen LogP contribution in [0.4, 0.5) is 0 Å². The molecule has 0 aromatic rings. The minimum atomic E-state index is 0. The maximum absolute atomic E-state index is 2.67. The summed E-state index contributed by atoms with van der Waals surface area (Å²) in [5, 5.41) is 0. The summed E-state index contributed by atoms with van der Waals surface area (Å²) < 4.78 is 0. The summed E-state index contributed by atoms with van der Waals surface area (Å²) in [6.07, 6.45) is 7.15. The molecule has 2 nitrogen and oxygen atoms in total. The predicted molar refractivity (Wildman–Crippen MR) is 96.7 cm³/mol. The molecule has 0 aromatic heterocycles. The van der Waals surface area contributed by atoms with Crippen molar-refractivity contribution in [2.45, 2.75) is 91.8 Å². The number of rotatable bonds is 2. The zero-order valence-electron chi connectivity index (χ0n) is 16.7. The van der Waals surface area contributed by atoms with Crippen molar-refractivity contribution in [2.75, 3.05) is 19.6 Å². The van der Waals surface area contributed by atoms with E-state index < -0.39 is 0 Å². The first-order valence-electron chi connectivity index (χ1n) is 9.75. The molecule has 0 aromatic carbocycles. The van der Waals surface area contributed by atoms with Crippen molar-refractivity contribution in [1.29, 1.82) is 0 Å². The minimum Gasteiger partial charge on any atom is -0.332 e. The Bertz CT molecular complexity index is 326. The molecule has 2 heterocycles. The molecular weight excluding hydrogens is 636 g/mol. The maximum Gasteiger partial charge on any atom is 0.00120 e. The van der Waals surface area contributed by atoms with Crippen LogP contribution in [0.2, 0.25) is 0 Å². The average molecular weight is 674 g/mol. The van der Waals surface area contributed by atoms with Gasteiger partial charge in [-0.05, 0) is 40.8 Å². The van der Waals surface area contributed by atoms with Crippen LogP contribution in [-0.2, 0) is 42.1 Å². The summed E-state index contributed by atoms with van der Waals surface area (Å²) in [4.78, 5) is 5.23. The molecule has 4 fully saturated rings. The fraction of sp³-hybridized carbons (Fsp3) is 0.900. The monoisotopic (exact) mass is 674 g/mol. The molecule has 4 heteroatoms. The van der Waals surface area contributed by atoms with Crippen LogP contribution in [0.1, 0.15) is 73.6 Å². The van der Waals surface area contributed by atoms with Gasteiger partial charge in [0.1, 0.15) is 0 Å². The summed E-state index contributed by atoms with van der Waals surface area (Å²) in [7, 11) is 0. The van der Waals surface area contributed by atoms with Gasteiger partial charge >= 0.3 is 0 Å². The first kappa shape index (κ1) is 25.3. The van der Waals surface area contributed by atoms with Gasteiger partial charge in [-0.2, -0.15) is 25.2 Å². The molecule has 0 bridgehead atoms. The van der Waals surface area contributed by atoms with Gasteiger partial charge in [-0.1, -0.05) is 26.7 Å². The Morgan fingerprint density at radius 3 is 2.04 bits per heavy atom. The zero-order chi connectivity index (χ0) is 16.3. The molecule has 2 atom stereocenters. The van der Waals surface area contributed by atoms with E-state index in [4.69, 9.17) is 0 Å². The van der Waals surface area contributed by atoms with Crippen molar-refractivity contribution in [3.05, 3.63) is 11.8 Å². The van der Waals surface area contributed by atoms with Crippen molar-refractivity contribution in [1.82, 2.24) is 9.80 Å². The van der Waals surface area contributed by atoms with Gasteiger partial charge in [-0.3, -0.25) is 5.92 Å². The number of likely N-dealkylation sites (tertiary alicyclic amines) is 2. The van der Waals surface area contributed by atoms with E-state index in [0.717, 1.165) is 24.0 Å². The topological polar surface area (TPSA) is 6.48 Å². The standard InChI is InChI=1S/C10H18N.C8H14N.C2H6.2W/c1-8(2)11-7-6-9-4-3-5-10(9)11;1-6(2)9-4-7-3-8(7)5-9;1-2;;/h8,10H,3-7H2,1-2H3;6-7H,3-5H2,1-2H3;1-2H3;;/q2*-1;;;. The zero-order valence-corrected chi connectivity index (χ0v) is 22.5. The normalized spacial score (nSPS) is 29.0. The fourth-order valence-electron chi connectivity index (χ4n) is 4.28. The third-order valence-electron chi connectivity index (χ3n) is 5.72. The van der Waals surface area contributed by atoms with Crippen LogP contribution in [0.25, 0.3) is 0 Å². The van der Waals surface area contributed by atoms with Crippen molar-refractivity contribution < 1.29 is 42.1 Å². The number of hydrogen-bond donors (Lipinski definition) is 0. The van der Waals surface area contributed by atoms with Crippen molar-refractivity contribution >= 4 is 0 Å². The Morgan fingerprint density at radius 1 is 0.917 bits per heavy atom. The molecule has 2 saturated carbocycles. The summed E-state index contributed by atoms with van der Waals surface area (Å²) >= 11 is 0. The number of piperidine rings is 1. The first-order chi connectivity index (χ1) is 10.6. The largest absolute Gasteiger partial charge is 0.332 e. The summed E-state index contributed by atoms with van der Waals surface area (Å²) in [5.41, 5.74) is 0. The molecular formula is C20H38N2W2-2. The molecule has 2 saturated heterocycles. The smallest absolute Gasteiger partial charge is 0.00120 e. The molecule has 24 heavy (non-hydrogen) atoms. The van der Waals surface area contributed by atoms with E-state index in [1.165, 1.54) is 51.7 Å². The second-order valence-electron chi connectivity index (χ2n) is 7.73. The van der Waals surface area contributed by atoms with Gasteiger partial charge in [-0.25, -0.2) is 0 Å². The van der Waals surface area contributed by atoms with Gasteiger partial charge < -0.3 is 15.7 Å². The van der Waals surface area contributed by atoms with Crippen LogP contribution in [0, 0.1) is 17.8 Å². The van der Waals surface area contributed by atoms with E-state index in [-0.39, 0.29) is 42.1 Å². The van der Waals surface area contributed by atoms with Crippen molar-refractivity contribution in [2.24, 2.45) is 5.92 Å². The van der Waals surface area contributed by atoms with Crippen LogP contribution in [-0.4, -0.2) is 47.6 Å². The van der Waals surface area contributed by atoms with E-state index >= 15 is 0 Å². The van der Waals surface area contributed by atoms with Gasteiger partial charge in [0.2, 0.25) is 0 Å². The molecule has 2 aliphatic heterocycles. The molecule has 142 valence electrons. The molecule has 0 N–H and O–H groups in total. The van der Waals surface area contributed by atoms with Crippen molar-refractivity contribution in [3.63, 3.8) is 0 Å². The second kappa shape index (κ2) is 11.9. The fourth-order valence-corrected chi connectivity index (χ4v) is 4.28. The molecule has 0 amide bonds. The number of fused-ring (bicyclic) bond motifs is 2. The van der Waals surface area contributed by atoms with Gasteiger partial charge in [0.05, 0.1) is 0 Å². The van der Waals surface area contributed by atoms with E-state index in [0.29, 0.717) is 0 Å². The Morgan fingerprint density at radius 2 is 1.58 bits per heavy atom. The van der Waals surface area contributed by atoms with Crippen LogP contribution in [0.15, 0.2) is 0 Å². The predicted octanol–water partition coefficient (Wildman–Crippen LogP) is 4.55. The minimum absolute atomic E-state index is 0. The van der Waals surface area contributed by atoms with Crippen LogP contribution >= 0.6 is 0 Å². The van der Waals surface area contributed by atoms with E-state index in [2.05, 4.69) is 37.5 Å². The van der Waals surface area contributed by atoms with Crippen LogP contribution < -0.4 is 0 Å². The van der Waals surface area contributed by atoms with E-state index in [9.17, 15) is 0 Å². The third-order valence-corrected chi connectivity index (χ3v) is 5.72. The molecule has 2 aliphatic carbocycles. The summed E-state index contributed by atoms with van der Waals surface area (Å²) in [6, 6.07) is 2.41. The Hall–Kier alpha value is 1.30. The number of hydrogen-bond acceptors (Lipinski definition) is 2. The molecule has 4 aliphatic rings. The molecule has 0 spiro atoms.